The molecule has 0 radical (unpaired) electrons. The van der Waals surface area contributed by atoms with Crippen LogP contribution in [0.25, 0.3) is 0 Å². The number of hydrogen-bond donors (Lipinski definition) is 2. The summed E-state index contributed by atoms with van der Waals surface area (Å²) in [5.41, 5.74) is 1.80. The van der Waals surface area contributed by atoms with E-state index < -0.39 is 0 Å². The first-order chi connectivity index (χ1) is 8.81. The fourth-order valence-corrected chi connectivity index (χ4v) is 2.79. The smallest absolute Gasteiger partial charge is 0.154 e. The van der Waals surface area contributed by atoms with E-state index in [2.05, 4.69) is 21.7 Å². The molecule has 2 aliphatic rings. The second-order valence-corrected chi connectivity index (χ2v) is 4.77. The zero-order valence-electron chi connectivity index (χ0n) is 10.3. The molecule has 94 valence electrons. The number of allylic oxidation sites excluding steroid dienone is 1. The Kier molecular flexibility index (Phi) is 2.66. The molecule has 0 saturated heterocycles. The van der Waals surface area contributed by atoms with Crippen LogP contribution < -0.4 is 10.7 Å². The third-order valence-electron chi connectivity index (χ3n) is 3.66. The fraction of sp³-hybridized carbons (Fsp3) is 0.385. The molecule has 5 nitrogen and oxygen atoms in total. The minimum atomic E-state index is 0.431. The van der Waals surface area contributed by atoms with Gasteiger partial charge in [-0.05, 0) is 18.9 Å². The van der Waals surface area contributed by atoms with Crippen LogP contribution in [0.1, 0.15) is 25.7 Å². The van der Waals surface area contributed by atoms with Gasteiger partial charge in [0.05, 0.1) is 17.6 Å². The van der Waals surface area contributed by atoms with Crippen LogP contribution >= 0.6 is 0 Å². The molecule has 1 aromatic rings. The number of rotatable bonds is 1. The van der Waals surface area contributed by atoms with E-state index in [9.17, 15) is 0 Å². The number of aliphatic imine (C=N–C) groups is 1. The van der Waals surface area contributed by atoms with Crippen molar-refractivity contribution in [1.82, 2.24) is 4.98 Å². The van der Waals surface area contributed by atoms with Crippen LogP contribution in [-0.4, -0.2) is 17.0 Å². The third-order valence-corrected chi connectivity index (χ3v) is 3.66. The highest BCUT2D eigenvalue weighted by atomic mass is 15.3. The Morgan fingerprint density at radius 1 is 1.50 bits per heavy atom. The van der Waals surface area contributed by atoms with Crippen molar-refractivity contribution >= 4 is 23.6 Å². The number of hydrazone groups is 1. The first kappa shape index (κ1) is 11.1. The number of aromatic nitrogens is 1. The molecule has 5 heteroatoms. The number of nitrogens with one attached hydrogen (secondary N) is 1. The zero-order valence-corrected chi connectivity index (χ0v) is 10.3. The highest BCUT2D eigenvalue weighted by Gasteiger charge is 2.30. The lowest BCUT2D eigenvalue weighted by atomic mass is 10.0. The van der Waals surface area contributed by atoms with Crippen LogP contribution in [-0.2, 0) is 0 Å². The molecule has 0 aromatic carbocycles. The van der Waals surface area contributed by atoms with E-state index in [4.69, 9.17) is 5.84 Å². The van der Waals surface area contributed by atoms with Gasteiger partial charge in [0.15, 0.2) is 5.82 Å². The number of nitrogens with zero attached hydrogens (tertiary/aromatic N) is 3. The normalized spacial score (nSPS) is 20.6. The predicted molar refractivity (Wildman–Crippen MR) is 74.1 cm³/mol. The third kappa shape index (κ3) is 1.63. The van der Waals surface area contributed by atoms with Crippen molar-refractivity contribution in [2.75, 3.05) is 4.90 Å². The molecule has 0 bridgehead atoms. The van der Waals surface area contributed by atoms with Gasteiger partial charge in [-0.15, -0.1) is 0 Å². The molecule has 3 rings (SSSR count). The number of nitrogens with two attached hydrogens (primary N) is 1. The van der Waals surface area contributed by atoms with E-state index in [-0.39, 0.29) is 0 Å². The Balaban J connectivity index is 1.99. The SMILES string of the molecule is C=C1C=Nc2[nH]ccc2N1/C(=N\N)C1CCCC1. The summed E-state index contributed by atoms with van der Waals surface area (Å²) in [6.07, 6.45) is 8.42. The largest absolute Gasteiger partial charge is 0.345 e. The van der Waals surface area contributed by atoms with Crippen molar-refractivity contribution in [2.24, 2.45) is 21.9 Å². The monoisotopic (exact) mass is 243 g/mol. The van der Waals surface area contributed by atoms with Crippen molar-refractivity contribution < 1.29 is 0 Å². The first-order valence-corrected chi connectivity index (χ1v) is 6.29. The van der Waals surface area contributed by atoms with Gasteiger partial charge in [-0.25, -0.2) is 4.99 Å². The molecule has 1 aliphatic carbocycles. The molecule has 2 heterocycles. The maximum atomic E-state index is 5.62. The van der Waals surface area contributed by atoms with Gasteiger partial charge in [-0.2, -0.15) is 5.10 Å². The van der Waals surface area contributed by atoms with E-state index in [1.165, 1.54) is 12.8 Å². The summed E-state index contributed by atoms with van der Waals surface area (Å²) in [4.78, 5) is 9.43. The van der Waals surface area contributed by atoms with E-state index >= 15 is 0 Å². The van der Waals surface area contributed by atoms with Gasteiger partial charge >= 0.3 is 0 Å². The molecule has 0 atom stereocenters. The maximum Gasteiger partial charge on any atom is 0.154 e. The van der Waals surface area contributed by atoms with Crippen LogP contribution in [0.3, 0.4) is 0 Å². The van der Waals surface area contributed by atoms with Crippen LogP contribution in [0.5, 0.6) is 0 Å². The second kappa shape index (κ2) is 4.33. The minimum absolute atomic E-state index is 0.431. The lowest BCUT2D eigenvalue weighted by Crippen LogP contribution is -2.37. The molecule has 1 saturated carbocycles. The van der Waals surface area contributed by atoms with E-state index in [1.54, 1.807) is 6.21 Å². The average Bonchev–Trinajstić information content (AvgIpc) is 3.03. The van der Waals surface area contributed by atoms with Gasteiger partial charge < -0.3 is 10.8 Å². The number of anilines is 1. The molecule has 0 amide bonds. The molecule has 0 spiro atoms. The molecule has 0 unspecified atom stereocenters. The summed E-state index contributed by atoms with van der Waals surface area (Å²) in [5.74, 6) is 7.80. The average molecular weight is 243 g/mol. The number of H-pyrrole nitrogens is 1. The molecule has 18 heavy (non-hydrogen) atoms. The Morgan fingerprint density at radius 2 is 2.28 bits per heavy atom. The summed E-state index contributed by atoms with van der Waals surface area (Å²) in [7, 11) is 0. The quantitative estimate of drug-likeness (QED) is 0.344. The summed E-state index contributed by atoms with van der Waals surface area (Å²) in [6.45, 7) is 4.04. The Labute approximate surface area is 106 Å². The summed E-state index contributed by atoms with van der Waals surface area (Å²) in [5, 5.41) is 4.03. The van der Waals surface area contributed by atoms with Gasteiger partial charge in [-0.3, -0.25) is 4.90 Å². The predicted octanol–water partition coefficient (Wildman–Crippen LogP) is 2.51. The van der Waals surface area contributed by atoms with Gasteiger partial charge in [-0.1, -0.05) is 19.4 Å². The molecular formula is C13H17N5. The van der Waals surface area contributed by atoms with Crippen molar-refractivity contribution in [3.63, 3.8) is 0 Å². The van der Waals surface area contributed by atoms with Crippen molar-refractivity contribution in [3.05, 3.63) is 24.5 Å². The number of amidine groups is 1. The second-order valence-electron chi connectivity index (χ2n) is 4.77. The standard InChI is InChI=1S/C13H17N5/c1-9-8-16-12-11(6-7-15-12)18(9)13(17-14)10-4-2-3-5-10/h6-8,10,15H,1-5,14H2/b17-13-. The Hall–Kier alpha value is -2.04. The maximum absolute atomic E-state index is 5.62. The highest BCUT2D eigenvalue weighted by Crippen LogP contribution is 2.36. The van der Waals surface area contributed by atoms with Crippen molar-refractivity contribution in [1.29, 1.82) is 0 Å². The topological polar surface area (TPSA) is 69.8 Å². The lowest BCUT2D eigenvalue weighted by molar-refractivity contribution is 0.713. The Bertz CT molecular complexity index is 519. The minimum Gasteiger partial charge on any atom is -0.345 e. The van der Waals surface area contributed by atoms with E-state index in [0.29, 0.717) is 5.92 Å². The van der Waals surface area contributed by atoms with Gasteiger partial charge in [0.2, 0.25) is 0 Å². The van der Waals surface area contributed by atoms with Crippen LogP contribution in [0, 0.1) is 5.92 Å². The van der Waals surface area contributed by atoms with Gasteiger partial charge in [0.1, 0.15) is 5.84 Å². The summed E-state index contributed by atoms with van der Waals surface area (Å²) in [6, 6.07) is 1.98. The first-order valence-electron chi connectivity index (χ1n) is 6.29. The van der Waals surface area contributed by atoms with Crippen LogP contribution in [0.15, 0.2) is 34.6 Å². The number of fused-ring (bicyclic) bond motifs is 1. The van der Waals surface area contributed by atoms with Gasteiger partial charge in [0.25, 0.3) is 0 Å². The van der Waals surface area contributed by atoms with Crippen molar-refractivity contribution in [2.45, 2.75) is 25.7 Å². The van der Waals surface area contributed by atoms with Gasteiger partial charge in [0, 0.05) is 12.1 Å². The molecule has 1 fully saturated rings. The number of aromatic amines is 1. The fourth-order valence-electron chi connectivity index (χ4n) is 2.79. The van der Waals surface area contributed by atoms with E-state index in [0.717, 1.165) is 35.9 Å². The summed E-state index contributed by atoms with van der Waals surface area (Å²) < 4.78 is 0. The number of hydrogen-bond acceptors (Lipinski definition) is 3. The zero-order chi connectivity index (χ0) is 12.5. The van der Waals surface area contributed by atoms with E-state index in [1.807, 2.05) is 17.2 Å². The van der Waals surface area contributed by atoms with Crippen LogP contribution in [0.2, 0.25) is 0 Å². The lowest BCUT2D eigenvalue weighted by Gasteiger charge is -2.30. The molecular weight excluding hydrogens is 226 g/mol. The Morgan fingerprint density at radius 3 is 3.00 bits per heavy atom. The summed E-state index contributed by atoms with van der Waals surface area (Å²) >= 11 is 0. The molecule has 1 aromatic heterocycles. The van der Waals surface area contributed by atoms with Crippen LogP contribution in [0.4, 0.5) is 11.5 Å². The molecule has 1 aliphatic heterocycles. The molecule has 3 N–H and O–H groups in total. The highest BCUT2D eigenvalue weighted by molar-refractivity contribution is 6.11. The van der Waals surface area contributed by atoms with Crippen molar-refractivity contribution in [3.8, 4) is 0 Å².